The lowest BCUT2D eigenvalue weighted by Crippen LogP contribution is -2.21. The summed E-state index contributed by atoms with van der Waals surface area (Å²) in [6, 6.07) is 12.1. The summed E-state index contributed by atoms with van der Waals surface area (Å²) in [4.78, 5) is 4.59. The van der Waals surface area contributed by atoms with Gasteiger partial charge in [-0.1, -0.05) is 29.7 Å². The van der Waals surface area contributed by atoms with Crippen LogP contribution in [0.1, 0.15) is 23.6 Å². The number of furan rings is 1. The van der Waals surface area contributed by atoms with E-state index in [1.807, 2.05) is 37.3 Å². The molecule has 1 aliphatic heterocycles. The first-order valence-corrected chi connectivity index (χ1v) is 9.05. The molecule has 1 aliphatic rings. The largest absolute Gasteiger partial charge is 0.494 e. The van der Waals surface area contributed by atoms with Crippen molar-refractivity contribution in [3.63, 3.8) is 0 Å². The molecule has 0 aliphatic carbocycles. The van der Waals surface area contributed by atoms with Crippen LogP contribution in [0.4, 0.5) is 0 Å². The summed E-state index contributed by atoms with van der Waals surface area (Å²) in [5.74, 6) is 1.87. The van der Waals surface area contributed by atoms with Crippen LogP contribution in [0.2, 0.25) is 0 Å². The Balaban J connectivity index is 1.69. The molecule has 5 heteroatoms. The molecule has 2 radical (unpaired) electrons. The first-order valence-electron chi connectivity index (χ1n) is 9.05. The topological polar surface area (TPSA) is 46.8 Å². The Labute approximate surface area is 154 Å². The van der Waals surface area contributed by atoms with Crippen LogP contribution in [0.15, 0.2) is 52.1 Å². The fourth-order valence-electron chi connectivity index (χ4n) is 3.54. The van der Waals surface area contributed by atoms with Crippen molar-refractivity contribution in [2.75, 3.05) is 19.7 Å². The molecule has 3 aromatic rings. The predicted octanol–water partition coefficient (Wildman–Crippen LogP) is 2.76. The number of rotatable bonds is 6. The standard InChI is InChI=1S/C21H21BN2O2/c1-2-25-19-5-3-4-18(21-23-9-10-24-21)17(19)7-6-14-12-16(22)13-15-8-11-26-20(14)15/h3-5,8,11-13H,2,6-7,9-10H2,1H3,(H,23,24). The highest BCUT2D eigenvalue weighted by Crippen LogP contribution is 2.27. The zero-order valence-corrected chi connectivity index (χ0v) is 14.9. The summed E-state index contributed by atoms with van der Waals surface area (Å²) in [7, 11) is 6.06. The predicted molar refractivity (Wildman–Crippen MR) is 106 cm³/mol. The monoisotopic (exact) mass is 344 g/mol. The van der Waals surface area contributed by atoms with Crippen molar-refractivity contribution in [2.24, 2.45) is 4.99 Å². The summed E-state index contributed by atoms with van der Waals surface area (Å²) < 4.78 is 11.6. The smallest absolute Gasteiger partial charge is 0.136 e. The molecule has 130 valence electrons. The van der Waals surface area contributed by atoms with Gasteiger partial charge in [-0.25, -0.2) is 0 Å². The highest BCUT2D eigenvalue weighted by molar-refractivity contribution is 6.33. The van der Waals surface area contributed by atoms with Gasteiger partial charge < -0.3 is 14.5 Å². The van der Waals surface area contributed by atoms with Crippen LogP contribution < -0.4 is 15.5 Å². The van der Waals surface area contributed by atoms with Crippen LogP contribution in [-0.2, 0) is 12.8 Å². The number of aliphatic imine (C=N–C) groups is 1. The maximum absolute atomic E-state index is 6.06. The second-order valence-corrected chi connectivity index (χ2v) is 6.39. The highest BCUT2D eigenvalue weighted by Gasteiger charge is 2.17. The zero-order chi connectivity index (χ0) is 17.9. The van der Waals surface area contributed by atoms with Gasteiger partial charge >= 0.3 is 0 Å². The highest BCUT2D eigenvalue weighted by atomic mass is 16.5. The molecule has 0 saturated carbocycles. The third-order valence-corrected chi connectivity index (χ3v) is 4.66. The van der Waals surface area contributed by atoms with Crippen LogP contribution in [-0.4, -0.2) is 33.4 Å². The molecular weight excluding hydrogens is 323 g/mol. The van der Waals surface area contributed by atoms with Crippen LogP contribution in [0.25, 0.3) is 11.0 Å². The van der Waals surface area contributed by atoms with Crippen molar-refractivity contribution in [1.29, 1.82) is 0 Å². The fourth-order valence-corrected chi connectivity index (χ4v) is 3.54. The summed E-state index contributed by atoms with van der Waals surface area (Å²) >= 11 is 0. The molecule has 26 heavy (non-hydrogen) atoms. The molecule has 0 spiro atoms. The maximum Gasteiger partial charge on any atom is 0.136 e. The van der Waals surface area contributed by atoms with Crippen molar-refractivity contribution < 1.29 is 9.15 Å². The molecule has 1 aromatic heterocycles. The molecule has 0 fully saturated rings. The zero-order valence-electron chi connectivity index (χ0n) is 14.9. The Morgan fingerprint density at radius 2 is 2.15 bits per heavy atom. The molecular formula is C21H21BN2O2. The number of hydrogen-bond donors (Lipinski definition) is 1. The van der Waals surface area contributed by atoms with Gasteiger partial charge in [0.1, 0.15) is 25.0 Å². The van der Waals surface area contributed by atoms with Gasteiger partial charge in [0, 0.05) is 23.1 Å². The van der Waals surface area contributed by atoms with Gasteiger partial charge in [-0.2, -0.15) is 0 Å². The third-order valence-electron chi connectivity index (χ3n) is 4.66. The fraction of sp³-hybridized carbons (Fsp3) is 0.286. The van der Waals surface area contributed by atoms with Gasteiger partial charge in [0.15, 0.2) is 0 Å². The van der Waals surface area contributed by atoms with E-state index in [-0.39, 0.29) is 0 Å². The molecule has 0 saturated heterocycles. The maximum atomic E-state index is 6.06. The second-order valence-electron chi connectivity index (χ2n) is 6.39. The van der Waals surface area contributed by atoms with E-state index < -0.39 is 0 Å². The van der Waals surface area contributed by atoms with Crippen molar-refractivity contribution in [2.45, 2.75) is 19.8 Å². The molecule has 0 bridgehead atoms. The van der Waals surface area contributed by atoms with Crippen LogP contribution in [0.5, 0.6) is 5.75 Å². The van der Waals surface area contributed by atoms with E-state index in [9.17, 15) is 0 Å². The van der Waals surface area contributed by atoms with Gasteiger partial charge in [0.2, 0.25) is 0 Å². The Morgan fingerprint density at radius 3 is 2.96 bits per heavy atom. The Kier molecular flexibility index (Phi) is 4.70. The van der Waals surface area contributed by atoms with E-state index in [4.69, 9.17) is 17.0 Å². The molecule has 0 unspecified atom stereocenters. The first kappa shape index (κ1) is 16.8. The average Bonchev–Trinajstić information content (AvgIpc) is 3.32. The second kappa shape index (κ2) is 7.28. The van der Waals surface area contributed by atoms with E-state index >= 15 is 0 Å². The Hall–Kier alpha value is -2.69. The summed E-state index contributed by atoms with van der Waals surface area (Å²) in [6.45, 7) is 4.34. The number of fused-ring (bicyclic) bond motifs is 1. The third kappa shape index (κ3) is 3.21. The molecule has 4 nitrogen and oxygen atoms in total. The number of amidine groups is 1. The number of nitrogens with one attached hydrogen (secondary N) is 1. The molecule has 4 rings (SSSR count). The average molecular weight is 344 g/mol. The van der Waals surface area contributed by atoms with Crippen LogP contribution in [0.3, 0.4) is 0 Å². The minimum Gasteiger partial charge on any atom is -0.494 e. The van der Waals surface area contributed by atoms with E-state index in [2.05, 4.69) is 16.4 Å². The number of benzene rings is 2. The SMILES string of the molecule is [B]c1cc(CCc2c(OCC)cccc2C2=NCCN2)c2occc2c1. The molecule has 2 heterocycles. The van der Waals surface area contributed by atoms with Crippen LogP contribution in [0, 0.1) is 0 Å². The van der Waals surface area contributed by atoms with E-state index in [1.165, 1.54) is 5.56 Å². The number of nitrogens with zero attached hydrogens (tertiary/aromatic N) is 1. The van der Waals surface area contributed by atoms with Crippen molar-refractivity contribution >= 4 is 30.1 Å². The minimum absolute atomic E-state index is 0.636. The van der Waals surface area contributed by atoms with Crippen molar-refractivity contribution in [3.8, 4) is 5.75 Å². The van der Waals surface area contributed by atoms with Gasteiger partial charge in [0.05, 0.1) is 19.4 Å². The number of ether oxygens (including phenoxy) is 1. The van der Waals surface area contributed by atoms with Gasteiger partial charge in [-0.15, -0.1) is 0 Å². The lowest BCUT2D eigenvalue weighted by atomic mass is 9.90. The number of hydrogen-bond acceptors (Lipinski definition) is 4. The van der Waals surface area contributed by atoms with Gasteiger partial charge in [-0.05, 0) is 37.5 Å². The summed E-state index contributed by atoms with van der Waals surface area (Å²) in [6.07, 6.45) is 3.36. The molecule has 2 aromatic carbocycles. The summed E-state index contributed by atoms with van der Waals surface area (Å²) in [5, 5.41) is 4.41. The van der Waals surface area contributed by atoms with E-state index in [0.717, 1.165) is 65.1 Å². The van der Waals surface area contributed by atoms with E-state index in [1.54, 1.807) is 6.26 Å². The van der Waals surface area contributed by atoms with Crippen molar-refractivity contribution in [3.05, 3.63) is 59.4 Å². The molecule has 1 N–H and O–H groups in total. The minimum atomic E-state index is 0.636. The summed E-state index contributed by atoms with van der Waals surface area (Å²) in [5.41, 5.74) is 5.07. The quantitative estimate of drug-likeness (QED) is 0.700. The normalized spacial score (nSPS) is 13.7. The first-order chi connectivity index (χ1) is 12.8. The van der Waals surface area contributed by atoms with Crippen LogP contribution >= 0.6 is 0 Å². The lowest BCUT2D eigenvalue weighted by Gasteiger charge is -2.16. The molecule has 0 amide bonds. The van der Waals surface area contributed by atoms with E-state index in [0.29, 0.717) is 6.61 Å². The number of aryl methyl sites for hydroxylation is 1. The molecule has 0 atom stereocenters. The lowest BCUT2D eigenvalue weighted by molar-refractivity contribution is 0.336. The van der Waals surface area contributed by atoms with Crippen molar-refractivity contribution in [1.82, 2.24) is 5.32 Å². The van der Waals surface area contributed by atoms with Gasteiger partial charge in [0.25, 0.3) is 0 Å². The Morgan fingerprint density at radius 1 is 1.23 bits per heavy atom. The Bertz CT molecular complexity index is 962. The van der Waals surface area contributed by atoms with Gasteiger partial charge in [-0.3, -0.25) is 4.99 Å².